The van der Waals surface area contributed by atoms with Gasteiger partial charge in [-0.05, 0) is 36.1 Å². The molecule has 0 aliphatic rings. The number of oxazole rings is 1. The summed E-state index contributed by atoms with van der Waals surface area (Å²) in [5, 5.41) is 11.9. The van der Waals surface area contributed by atoms with Crippen LogP contribution in [-0.2, 0) is 11.2 Å². The zero-order valence-corrected chi connectivity index (χ0v) is 16.7. The van der Waals surface area contributed by atoms with E-state index in [9.17, 15) is 9.59 Å². The van der Waals surface area contributed by atoms with Crippen LogP contribution in [0.4, 0.5) is 5.69 Å². The summed E-state index contributed by atoms with van der Waals surface area (Å²) in [7, 11) is 0. The minimum Gasteiger partial charge on any atom is -0.478 e. The topological polar surface area (TPSA) is 92.4 Å². The molecule has 6 heteroatoms. The van der Waals surface area contributed by atoms with Gasteiger partial charge in [0, 0.05) is 24.1 Å². The van der Waals surface area contributed by atoms with Crippen LogP contribution in [0.5, 0.6) is 0 Å². The summed E-state index contributed by atoms with van der Waals surface area (Å²) in [6.07, 6.45) is 2.20. The van der Waals surface area contributed by atoms with Gasteiger partial charge >= 0.3 is 5.97 Å². The number of carbonyl (C=O) groups excluding carboxylic acids is 1. The lowest BCUT2D eigenvalue weighted by Crippen LogP contribution is -2.14. The minimum absolute atomic E-state index is 0.131. The number of carboxylic acid groups (broad SMARTS) is 1. The molecule has 150 valence electrons. The third-order valence-corrected chi connectivity index (χ3v) is 4.74. The molecule has 0 fully saturated rings. The molecule has 6 nitrogen and oxygen atoms in total. The monoisotopic (exact) mass is 392 g/mol. The number of hydrogen-bond donors (Lipinski definition) is 2. The van der Waals surface area contributed by atoms with E-state index in [1.54, 1.807) is 12.3 Å². The molecule has 0 spiro atoms. The van der Waals surface area contributed by atoms with Gasteiger partial charge in [0.15, 0.2) is 11.7 Å². The number of carbonyl (C=O) groups is 2. The molecule has 0 aliphatic carbocycles. The van der Waals surface area contributed by atoms with E-state index >= 15 is 0 Å². The van der Waals surface area contributed by atoms with Gasteiger partial charge in [0.2, 0.25) is 5.91 Å². The van der Waals surface area contributed by atoms with Crippen LogP contribution in [-0.4, -0.2) is 22.0 Å². The summed E-state index contributed by atoms with van der Waals surface area (Å²) in [4.78, 5) is 27.6. The van der Waals surface area contributed by atoms with E-state index in [2.05, 4.69) is 36.3 Å². The first-order valence-electron chi connectivity index (χ1n) is 9.52. The molecule has 1 amide bonds. The van der Waals surface area contributed by atoms with Gasteiger partial charge < -0.3 is 14.8 Å². The number of nitrogens with one attached hydrogen (secondary N) is 1. The molecule has 1 aromatic heterocycles. The number of carboxylic acids is 1. The quantitative estimate of drug-likeness (QED) is 0.587. The van der Waals surface area contributed by atoms with Crippen molar-refractivity contribution in [2.45, 2.75) is 39.5 Å². The smallest absolute Gasteiger partial charge is 0.335 e. The predicted octanol–water partition coefficient (Wildman–Crippen LogP) is 5.04. The Bertz CT molecular complexity index is 1020. The van der Waals surface area contributed by atoms with Crippen molar-refractivity contribution >= 4 is 17.6 Å². The molecule has 0 unspecified atom stereocenters. The highest BCUT2D eigenvalue weighted by atomic mass is 16.4. The van der Waals surface area contributed by atoms with Gasteiger partial charge in [-0.15, -0.1) is 0 Å². The van der Waals surface area contributed by atoms with Crippen LogP contribution in [0.2, 0.25) is 0 Å². The third kappa shape index (κ3) is 5.10. The molecule has 1 heterocycles. The van der Waals surface area contributed by atoms with Gasteiger partial charge in [0.25, 0.3) is 0 Å². The summed E-state index contributed by atoms with van der Waals surface area (Å²) in [5.74, 6) is 0.360. The number of aromatic carboxylic acids is 1. The van der Waals surface area contributed by atoms with Gasteiger partial charge in [-0.3, -0.25) is 4.79 Å². The first-order chi connectivity index (χ1) is 13.8. The fourth-order valence-electron chi connectivity index (χ4n) is 2.91. The molecule has 0 saturated carbocycles. The van der Waals surface area contributed by atoms with E-state index < -0.39 is 5.97 Å². The van der Waals surface area contributed by atoms with Gasteiger partial charge in [-0.25, -0.2) is 9.78 Å². The molecular weight excluding hydrogens is 368 g/mol. The van der Waals surface area contributed by atoms with E-state index in [1.165, 1.54) is 17.7 Å². The number of rotatable bonds is 7. The minimum atomic E-state index is -1.03. The molecule has 3 aromatic rings. The van der Waals surface area contributed by atoms with Crippen molar-refractivity contribution in [1.29, 1.82) is 0 Å². The maximum atomic E-state index is 12.3. The van der Waals surface area contributed by atoms with Gasteiger partial charge in [0.05, 0.1) is 11.8 Å². The van der Waals surface area contributed by atoms with Crippen LogP contribution >= 0.6 is 0 Å². The Morgan fingerprint density at radius 3 is 2.52 bits per heavy atom. The molecule has 0 bridgehead atoms. The summed E-state index contributed by atoms with van der Waals surface area (Å²) in [6.45, 7) is 6.10. The van der Waals surface area contributed by atoms with E-state index in [1.807, 2.05) is 19.1 Å². The second kappa shape index (κ2) is 8.73. The Labute approximate surface area is 169 Å². The summed E-state index contributed by atoms with van der Waals surface area (Å²) in [5.41, 5.74) is 3.62. The summed E-state index contributed by atoms with van der Waals surface area (Å²) in [6, 6.07) is 12.8. The fraction of sp³-hybridized carbons (Fsp3) is 0.261. The van der Waals surface area contributed by atoms with E-state index in [-0.39, 0.29) is 17.9 Å². The number of aromatic nitrogens is 1. The van der Waals surface area contributed by atoms with Crippen molar-refractivity contribution in [3.8, 4) is 11.3 Å². The Balaban J connectivity index is 1.60. The Kier molecular flexibility index (Phi) is 6.12. The number of benzene rings is 2. The number of anilines is 1. The van der Waals surface area contributed by atoms with Crippen LogP contribution in [0.15, 0.2) is 53.1 Å². The van der Waals surface area contributed by atoms with Crippen molar-refractivity contribution in [3.05, 3.63) is 71.2 Å². The summed E-state index contributed by atoms with van der Waals surface area (Å²) >= 11 is 0. The molecule has 0 radical (unpaired) electrons. The number of hydrogen-bond acceptors (Lipinski definition) is 4. The molecule has 0 atom stereocenters. The van der Waals surface area contributed by atoms with Gasteiger partial charge in [-0.2, -0.15) is 0 Å². The number of nitrogens with zero attached hydrogens (tertiary/aromatic N) is 1. The standard InChI is InChI=1S/C23H24N2O4/c1-14(2)16-6-8-17(9-7-16)20-13-24-22(29-20)11-10-21(26)25-19-12-18(23(27)28)5-4-15(19)3/h4-9,12-14H,10-11H2,1-3H3,(H,25,26)(H,27,28). The Morgan fingerprint density at radius 1 is 1.14 bits per heavy atom. The Morgan fingerprint density at radius 2 is 1.86 bits per heavy atom. The van der Waals surface area contributed by atoms with Crippen LogP contribution in [0.1, 0.15) is 53.6 Å². The van der Waals surface area contributed by atoms with Crippen LogP contribution in [0, 0.1) is 6.92 Å². The average molecular weight is 392 g/mol. The molecule has 0 saturated heterocycles. The lowest BCUT2D eigenvalue weighted by atomic mass is 10.0. The SMILES string of the molecule is Cc1ccc(C(=O)O)cc1NC(=O)CCc1ncc(-c2ccc(C(C)C)cc2)o1. The lowest BCUT2D eigenvalue weighted by molar-refractivity contribution is -0.116. The van der Waals surface area contributed by atoms with Gasteiger partial charge in [0.1, 0.15) is 0 Å². The van der Waals surface area contributed by atoms with Crippen molar-refractivity contribution < 1.29 is 19.1 Å². The first kappa shape index (κ1) is 20.3. The van der Waals surface area contributed by atoms with Crippen molar-refractivity contribution in [2.24, 2.45) is 0 Å². The third-order valence-electron chi connectivity index (χ3n) is 4.74. The van der Waals surface area contributed by atoms with E-state index in [4.69, 9.17) is 9.52 Å². The predicted molar refractivity (Wildman–Crippen MR) is 111 cm³/mol. The van der Waals surface area contributed by atoms with E-state index in [0.717, 1.165) is 11.1 Å². The molecular formula is C23H24N2O4. The molecule has 2 aromatic carbocycles. The summed E-state index contributed by atoms with van der Waals surface area (Å²) < 4.78 is 5.78. The second-order valence-electron chi connectivity index (χ2n) is 7.28. The van der Waals surface area contributed by atoms with Gasteiger partial charge in [-0.1, -0.05) is 44.2 Å². The average Bonchev–Trinajstić information content (AvgIpc) is 3.17. The van der Waals surface area contributed by atoms with Crippen molar-refractivity contribution in [3.63, 3.8) is 0 Å². The van der Waals surface area contributed by atoms with Crippen molar-refractivity contribution in [1.82, 2.24) is 4.98 Å². The van der Waals surface area contributed by atoms with E-state index in [0.29, 0.717) is 29.7 Å². The molecule has 0 aliphatic heterocycles. The maximum absolute atomic E-state index is 12.3. The Hall–Kier alpha value is -3.41. The normalized spacial score (nSPS) is 10.9. The molecule has 3 rings (SSSR count). The van der Waals surface area contributed by atoms with Crippen LogP contribution < -0.4 is 5.32 Å². The largest absolute Gasteiger partial charge is 0.478 e. The number of amides is 1. The highest BCUT2D eigenvalue weighted by molar-refractivity contribution is 5.94. The van der Waals surface area contributed by atoms with Crippen molar-refractivity contribution in [2.75, 3.05) is 5.32 Å². The van der Waals surface area contributed by atoms with Crippen LogP contribution in [0.25, 0.3) is 11.3 Å². The van der Waals surface area contributed by atoms with Crippen LogP contribution in [0.3, 0.4) is 0 Å². The zero-order chi connectivity index (χ0) is 21.0. The molecule has 2 N–H and O–H groups in total. The second-order valence-corrected chi connectivity index (χ2v) is 7.28. The highest BCUT2D eigenvalue weighted by Gasteiger charge is 2.12. The molecule has 29 heavy (non-hydrogen) atoms. The number of aryl methyl sites for hydroxylation is 2. The first-order valence-corrected chi connectivity index (χ1v) is 9.52. The zero-order valence-electron chi connectivity index (χ0n) is 16.7. The fourth-order valence-corrected chi connectivity index (χ4v) is 2.91. The highest BCUT2D eigenvalue weighted by Crippen LogP contribution is 2.24. The maximum Gasteiger partial charge on any atom is 0.335 e. The lowest BCUT2D eigenvalue weighted by Gasteiger charge is -2.09.